The van der Waals surface area contributed by atoms with Crippen LogP contribution < -0.4 is 10.1 Å². The van der Waals surface area contributed by atoms with Crippen LogP contribution in [0.1, 0.15) is 36.2 Å². The molecule has 4 heteroatoms. The molecule has 0 fully saturated rings. The molecule has 0 saturated heterocycles. The minimum Gasteiger partial charge on any atom is -0.497 e. The third-order valence-electron chi connectivity index (χ3n) is 3.58. The molecule has 3 nitrogen and oxygen atoms in total. The molecule has 0 aliphatic rings. The summed E-state index contributed by atoms with van der Waals surface area (Å²) in [5, 5.41) is 3.48. The SMILES string of the molecule is COc1ccc(CCCNC(=O)c2ccccc2SC(C)C)cc1. The van der Waals surface area contributed by atoms with E-state index in [2.05, 4.69) is 31.3 Å². The minimum atomic E-state index is 0.00785. The van der Waals surface area contributed by atoms with Crippen LogP contribution in [0.3, 0.4) is 0 Å². The highest BCUT2D eigenvalue weighted by molar-refractivity contribution is 8.00. The molecule has 0 aliphatic carbocycles. The lowest BCUT2D eigenvalue weighted by molar-refractivity contribution is 0.0950. The maximum atomic E-state index is 12.4. The zero-order valence-electron chi connectivity index (χ0n) is 14.5. The first kappa shape index (κ1) is 18.4. The number of hydrogen-bond acceptors (Lipinski definition) is 3. The maximum Gasteiger partial charge on any atom is 0.252 e. The number of rotatable bonds is 8. The van der Waals surface area contributed by atoms with Crippen molar-refractivity contribution in [3.8, 4) is 5.75 Å². The fourth-order valence-electron chi connectivity index (χ4n) is 2.39. The normalized spacial score (nSPS) is 10.7. The van der Waals surface area contributed by atoms with Gasteiger partial charge in [0.05, 0.1) is 12.7 Å². The maximum absolute atomic E-state index is 12.4. The van der Waals surface area contributed by atoms with E-state index in [-0.39, 0.29) is 5.91 Å². The van der Waals surface area contributed by atoms with Crippen molar-refractivity contribution in [1.82, 2.24) is 5.32 Å². The third kappa shape index (κ3) is 5.60. The summed E-state index contributed by atoms with van der Waals surface area (Å²) in [5.41, 5.74) is 2.02. The van der Waals surface area contributed by atoms with E-state index in [0.717, 1.165) is 29.1 Å². The first-order chi connectivity index (χ1) is 11.6. The van der Waals surface area contributed by atoms with E-state index in [1.807, 2.05) is 36.4 Å². The van der Waals surface area contributed by atoms with E-state index < -0.39 is 0 Å². The Labute approximate surface area is 148 Å². The molecule has 0 spiro atoms. The number of amides is 1. The van der Waals surface area contributed by atoms with E-state index in [1.165, 1.54) is 5.56 Å². The van der Waals surface area contributed by atoms with Gasteiger partial charge in [0.2, 0.25) is 0 Å². The Morgan fingerprint density at radius 1 is 1.12 bits per heavy atom. The highest BCUT2D eigenvalue weighted by Crippen LogP contribution is 2.26. The number of hydrogen-bond donors (Lipinski definition) is 1. The summed E-state index contributed by atoms with van der Waals surface area (Å²) >= 11 is 1.72. The Bertz CT molecular complexity index is 653. The number of carbonyl (C=O) groups excluding carboxylic acids is 1. The number of nitrogens with one attached hydrogen (secondary N) is 1. The van der Waals surface area contributed by atoms with Gasteiger partial charge in [-0.25, -0.2) is 0 Å². The standard InChI is InChI=1S/C20H25NO2S/c1-15(2)24-19-9-5-4-8-18(19)20(22)21-14-6-7-16-10-12-17(23-3)13-11-16/h4-5,8-13,15H,6-7,14H2,1-3H3,(H,21,22). The fourth-order valence-corrected chi connectivity index (χ4v) is 3.35. The van der Waals surface area contributed by atoms with Crippen molar-refractivity contribution in [1.29, 1.82) is 0 Å². The number of carbonyl (C=O) groups is 1. The topological polar surface area (TPSA) is 38.3 Å². The van der Waals surface area contributed by atoms with Crippen LogP contribution in [0.25, 0.3) is 0 Å². The molecule has 0 bridgehead atoms. The van der Waals surface area contributed by atoms with Crippen LogP contribution >= 0.6 is 11.8 Å². The summed E-state index contributed by atoms with van der Waals surface area (Å²) in [5.74, 6) is 0.875. The van der Waals surface area contributed by atoms with Crippen LogP contribution in [-0.4, -0.2) is 24.8 Å². The van der Waals surface area contributed by atoms with Gasteiger partial charge in [-0.05, 0) is 42.7 Å². The summed E-state index contributed by atoms with van der Waals surface area (Å²) in [7, 11) is 1.67. The molecule has 0 atom stereocenters. The fraction of sp³-hybridized carbons (Fsp3) is 0.350. The first-order valence-electron chi connectivity index (χ1n) is 8.27. The first-order valence-corrected chi connectivity index (χ1v) is 9.15. The van der Waals surface area contributed by atoms with Gasteiger partial charge in [-0.15, -0.1) is 11.8 Å². The summed E-state index contributed by atoms with van der Waals surface area (Å²) in [6.45, 7) is 4.94. The minimum absolute atomic E-state index is 0.00785. The Hall–Kier alpha value is -1.94. The zero-order valence-corrected chi connectivity index (χ0v) is 15.4. The van der Waals surface area contributed by atoms with Gasteiger partial charge in [0.1, 0.15) is 5.75 Å². The van der Waals surface area contributed by atoms with Gasteiger partial charge >= 0.3 is 0 Å². The number of methoxy groups -OCH3 is 1. The monoisotopic (exact) mass is 343 g/mol. The Balaban J connectivity index is 1.82. The molecule has 0 saturated carbocycles. The predicted octanol–water partition coefficient (Wildman–Crippen LogP) is 4.56. The molecule has 0 unspecified atom stereocenters. The number of ether oxygens (including phenoxy) is 1. The van der Waals surface area contributed by atoms with Crippen LogP contribution in [-0.2, 0) is 6.42 Å². The van der Waals surface area contributed by atoms with Gasteiger partial charge in [-0.1, -0.05) is 38.1 Å². The van der Waals surface area contributed by atoms with Gasteiger partial charge in [0, 0.05) is 16.7 Å². The van der Waals surface area contributed by atoms with Crippen LogP contribution in [0.4, 0.5) is 0 Å². The summed E-state index contributed by atoms with van der Waals surface area (Å²) < 4.78 is 5.15. The molecular formula is C20H25NO2S. The second-order valence-corrected chi connectivity index (χ2v) is 7.49. The van der Waals surface area contributed by atoms with Crippen molar-refractivity contribution in [2.75, 3.05) is 13.7 Å². The van der Waals surface area contributed by atoms with E-state index in [4.69, 9.17) is 4.74 Å². The lowest BCUT2D eigenvalue weighted by Gasteiger charge is -2.11. The molecule has 0 heterocycles. The Morgan fingerprint density at radius 2 is 1.83 bits per heavy atom. The zero-order chi connectivity index (χ0) is 17.4. The molecule has 1 N–H and O–H groups in total. The average Bonchev–Trinajstić information content (AvgIpc) is 2.59. The van der Waals surface area contributed by atoms with Gasteiger partial charge in [-0.3, -0.25) is 4.79 Å². The largest absolute Gasteiger partial charge is 0.497 e. The highest BCUT2D eigenvalue weighted by Gasteiger charge is 2.11. The van der Waals surface area contributed by atoms with Crippen LogP contribution in [0.2, 0.25) is 0 Å². The lowest BCUT2D eigenvalue weighted by atomic mass is 10.1. The van der Waals surface area contributed by atoms with E-state index in [1.54, 1.807) is 18.9 Å². The second kappa shape index (κ2) is 9.38. The molecular weight excluding hydrogens is 318 g/mol. The summed E-state index contributed by atoms with van der Waals surface area (Å²) in [6.07, 6.45) is 1.85. The molecule has 0 aliphatic heterocycles. The molecule has 2 aromatic rings. The number of aryl methyl sites for hydroxylation is 1. The predicted molar refractivity (Wildman–Crippen MR) is 101 cm³/mol. The quantitative estimate of drug-likeness (QED) is 0.564. The number of benzene rings is 2. The van der Waals surface area contributed by atoms with Crippen LogP contribution in [0, 0.1) is 0 Å². The van der Waals surface area contributed by atoms with Crippen molar-refractivity contribution in [2.24, 2.45) is 0 Å². The van der Waals surface area contributed by atoms with Crippen LogP contribution in [0.15, 0.2) is 53.4 Å². The van der Waals surface area contributed by atoms with Crippen molar-refractivity contribution in [3.05, 3.63) is 59.7 Å². The molecule has 24 heavy (non-hydrogen) atoms. The van der Waals surface area contributed by atoms with E-state index >= 15 is 0 Å². The Morgan fingerprint density at radius 3 is 2.50 bits per heavy atom. The van der Waals surface area contributed by atoms with E-state index in [0.29, 0.717) is 11.8 Å². The highest BCUT2D eigenvalue weighted by atomic mass is 32.2. The third-order valence-corrected chi connectivity index (χ3v) is 4.66. The Kier molecular flexibility index (Phi) is 7.19. The molecule has 2 rings (SSSR count). The van der Waals surface area contributed by atoms with Crippen molar-refractivity contribution >= 4 is 17.7 Å². The van der Waals surface area contributed by atoms with Crippen molar-refractivity contribution < 1.29 is 9.53 Å². The molecule has 128 valence electrons. The summed E-state index contributed by atoms with van der Waals surface area (Å²) in [6, 6.07) is 15.9. The summed E-state index contributed by atoms with van der Waals surface area (Å²) in [4.78, 5) is 13.4. The smallest absolute Gasteiger partial charge is 0.252 e. The molecule has 1 amide bonds. The van der Waals surface area contributed by atoms with E-state index in [9.17, 15) is 4.79 Å². The lowest BCUT2D eigenvalue weighted by Crippen LogP contribution is -2.25. The average molecular weight is 343 g/mol. The number of thioether (sulfide) groups is 1. The molecule has 0 radical (unpaired) electrons. The van der Waals surface area contributed by atoms with Gasteiger partial charge < -0.3 is 10.1 Å². The molecule has 0 aromatic heterocycles. The second-order valence-electron chi connectivity index (χ2n) is 5.87. The van der Waals surface area contributed by atoms with Gasteiger partial charge in [-0.2, -0.15) is 0 Å². The van der Waals surface area contributed by atoms with Gasteiger partial charge in [0.25, 0.3) is 5.91 Å². The van der Waals surface area contributed by atoms with Gasteiger partial charge in [0.15, 0.2) is 0 Å². The van der Waals surface area contributed by atoms with Crippen molar-refractivity contribution in [3.63, 3.8) is 0 Å². The molecule has 2 aromatic carbocycles. The van der Waals surface area contributed by atoms with Crippen LogP contribution in [0.5, 0.6) is 5.75 Å². The van der Waals surface area contributed by atoms with Crippen molar-refractivity contribution in [2.45, 2.75) is 36.8 Å².